The molecule has 0 spiro atoms. The summed E-state index contributed by atoms with van der Waals surface area (Å²) in [5.74, 6) is -1.86. The van der Waals surface area contributed by atoms with E-state index in [0.29, 0.717) is 18.5 Å². The van der Waals surface area contributed by atoms with Crippen LogP contribution in [0, 0.1) is 22.7 Å². The maximum atomic E-state index is 14.6. The Morgan fingerprint density at radius 2 is 0.971 bits per heavy atom. The van der Waals surface area contributed by atoms with Crippen molar-refractivity contribution >= 4 is 34.4 Å². The monoisotopic (exact) mass is 461 g/mol. The van der Waals surface area contributed by atoms with Crippen LogP contribution in [0.5, 0.6) is 0 Å². The Hall–Kier alpha value is -3.79. The van der Waals surface area contributed by atoms with E-state index >= 15 is 0 Å². The van der Waals surface area contributed by atoms with Crippen LogP contribution in [0.1, 0.15) is 37.8 Å². The quantitative estimate of drug-likeness (QED) is 0.452. The van der Waals surface area contributed by atoms with Crippen LogP contribution in [-0.4, -0.2) is 17.6 Å². The Morgan fingerprint density at radius 1 is 0.600 bits per heavy atom. The van der Waals surface area contributed by atoms with E-state index in [1.165, 1.54) is 4.90 Å². The van der Waals surface area contributed by atoms with Gasteiger partial charge in [-0.2, -0.15) is 0 Å². The van der Waals surface area contributed by atoms with Crippen LogP contribution in [0.3, 0.4) is 0 Å². The van der Waals surface area contributed by atoms with Crippen molar-refractivity contribution in [1.29, 1.82) is 0 Å². The van der Waals surface area contributed by atoms with Crippen molar-refractivity contribution in [2.75, 3.05) is 4.90 Å². The lowest BCUT2D eigenvalue weighted by molar-refractivity contribution is -0.134. The van der Waals surface area contributed by atoms with Gasteiger partial charge in [0.25, 0.3) is 0 Å². The van der Waals surface area contributed by atoms with Crippen molar-refractivity contribution in [3.63, 3.8) is 0 Å². The molecule has 3 aromatic carbocycles. The highest BCUT2D eigenvalue weighted by atomic mass is 16.2. The van der Waals surface area contributed by atoms with E-state index in [-0.39, 0.29) is 17.6 Å². The predicted octanol–water partition coefficient (Wildman–Crippen LogP) is 5.79. The van der Waals surface area contributed by atoms with Crippen LogP contribution in [0.25, 0.3) is 11.1 Å². The van der Waals surface area contributed by atoms with E-state index in [9.17, 15) is 14.4 Å². The van der Waals surface area contributed by atoms with Crippen molar-refractivity contribution in [3.05, 3.63) is 102 Å². The average Bonchev–Trinajstić information content (AvgIpc) is 3.41. The largest absolute Gasteiger partial charge is 0.298 e. The molecule has 3 aliphatic rings. The molecule has 1 aliphatic heterocycles. The van der Waals surface area contributed by atoms with E-state index in [2.05, 4.69) is 0 Å². The number of allylic oxidation sites excluding steroid dienone is 2. The van der Waals surface area contributed by atoms with E-state index < -0.39 is 22.7 Å². The lowest BCUT2D eigenvalue weighted by Crippen LogP contribution is -2.41. The van der Waals surface area contributed by atoms with Crippen LogP contribution >= 0.6 is 0 Å². The summed E-state index contributed by atoms with van der Waals surface area (Å²) in [5.41, 5.74) is 2.26. The molecule has 35 heavy (non-hydrogen) atoms. The number of amides is 2. The van der Waals surface area contributed by atoms with Gasteiger partial charge in [0.1, 0.15) is 0 Å². The molecule has 3 aromatic rings. The number of carbonyl (C=O) groups is 3. The third-order valence-electron chi connectivity index (χ3n) is 8.58. The second kappa shape index (κ2) is 7.61. The number of carbonyl (C=O) groups excluding carboxylic acids is 3. The number of rotatable bonds is 5. The number of anilines is 1. The standard InChI is InChI=1S/C31H27NO3/c1-3-30-23(20-14-8-5-9-15-20)24(21-16-10-6-11-17-21)31(4-2,29(30)35)26-25(30)27(33)32(28(26)34)22-18-12-7-13-19-22/h5-19,25-26H,3-4H2,1-2H3/t25-,26?,30?,31?/m0/s1. The summed E-state index contributed by atoms with van der Waals surface area (Å²) < 4.78 is 0. The molecule has 4 heteroatoms. The lowest BCUT2D eigenvalue weighted by Gasteiger charge is -2.38. The normalized spacial score (nSPS) is 29.3. The molecule has 2 bridgehead atoms. The van der Waals surface area contributed by atoms with Crippen LogP contribution < -0.4 is 4.90 Å². The summed E-state index contributed by atoms with van der Waals surface area (Å²) >= 11 is 0. The predicted molar refractivity (Wildman–Crippen MR) is 136 cm³/mol. The first-order chi connectivity index (χ1) is 17.0. The third kappa shape index (κ3) is 2.49. The number of benzene rings is 3. The second-order valence-corrected chi connectivity index (χ2v) is 9.76. The van der Waals surface area contributed by atoms with Gasteiger partial charge in [-0.25, -0.2) is 4.90 Å². The Kier molecular flexibility index (Phi) is 4.72. The molecule has 0 N–H and O–H groups in total. The Morgan fingerprint density at radius 3 is 1.34 bits per heavy atom. The molecule has 174 valence electrons. The molecule has 1 heterocycles. The highest BCUT2D eigenvalue weighted by molar-refractivity contribution is 6.34. The first-order valence-electron chi connectivity index (χ1n) is 12.4. The number of imide groups is 1. The first-order valence-corrected chi connectivity index (χ1v) is 12.4. The summed E-state index contributed by atoms with van der Waals surface area (Å²) in [6, 6.07) is 29.0. The minimum atomic E-state index is -1.04. The number of hydrogen-bond donors (Lipinski definition) is 0. The second-order valence-electron chi connectivity index (χ2n) is 9.76. The maximum Gasteiger partial charge on any atom is 0.239 e. The van der Waals surface area contributed by atoms with Crippen molar-refractivity contribution < 1.29 is 14.4 Å². The van der Waals surface area contributed by atoms with Crippen molar-refractivity contribution in [1.82, 2.24) is 0 Å². The van der Waals surface area contributed by atoms with Crippen LogP contribution in [0.4, 0.5) is 5.69 Å². The molecular formula is C31H27NO3. The summed E-state index contributed by atoms with van der Waals surface area (Å²) in [6.07, 6.45) is 0.938. The smallest absolute Gasteiger partial charge is 0.239 e. The fourth-order valence-corrected chi connectivity index (χ4v) is 7.29. The van der Waals surface area contributed by atoms with E-state index in [1.807, 2.05) is 92.7 Å². The molecule has 2 amide bonds. The molecule has 4 nitrogen and oxygen atoms in total. The topological polar surface area (TPSA) is 54.5 Å². The molecule has 4 atom stereocenters. The van der Waals surface area contributed by atoms with Gasteiger partial charge in [0.2, 0.25) is 11.8 Å². The number of Topliss-reactive ketones (excluding diaryl/α,β-unsaturated/α-hetero) is 1. The molecule has 0 radical (unpaired) electrons. The van der Waals surface area contributed by atoms with Crippen molar-refractivity contribution in [2.24, 2.45) is 22.7 Å². The van der Waals surface area contributed by atoms with E-state index in [0.717, 1.165) is 22.3 Å². The third-order valence-corrected chi connectivity index (χ3v) is 8.58. The summed E-state index contributed by atoms with van der Waals surface area (Å²) in [6.45, 7) is 3.97. The fourth-order valence-electron chi connectivity index (χ4n) is 7.29. The first kappa shape index (κ1) is 21.7. The molecule has 1 saturated heterocycles. The zero-order chi connectivity index (χ0) is 24.4. The van der Waals surface area contributed by atoms with Gasteiger partial charge >= 0.3 is 0 Å². The maximum absolute atomic E-state index is 14.6. The van der Waals surface area contributed by atoms with Gasteiger partial charge in [0.05, 0.1) is 28.4 Å². The Balaban J connectivity index is 1.69. The van der Waals surface area contributed by atoms with Crippen LogP contribution in [-0.2, 0) is 14.4 Å². The highest BCUT2D eigenvalue weighted by Gasteiger charge is 2.80. The fraction of sp³-hybridized carbons (Fsp3) is 0.258. The molecular weight excluding hydrogens is 434 g/mol. The van der Waals surface area contributed by atoms with Gasteiger partial charge < -0.3 is 0 Å². The van der Waals surface area contributed by atoms with Gasteiger partial charge in [0.15, 0.2) is 5.78 Å². The number of para-hydroxylation sites is 1. The lowest BCUT2D eigenvalue weighted by atomic mass is 9.60. The summed E-state index contributed by atoms with van der Waals surface area (Å²) in [7, 11) is 0. The molecule has 1 saturated carbocycles. The Bertz CT molecular complexity index is 1290. The number of hydrogen-bond acceptors (Lipinski definition) is 3. The van der Waals surface area contributed by atoms with E-state index in [1.54, 1.807) is 12.1 Å². The number of ketones is 1. The zero-order valence-electron chi connectivity index (χ0n) is 19.9. The summed E-state index contributed by atoms with van der Waals surface area (Å²) in [4.78, 5) is 44.2. The SMILES string of the molecule is CCC12C(=O)C(CC)(C(c3ccccc3)=C1c1ccccc1)[C@@H]1C(=O)N(c3ccccc3)C(=O)C12. The Labute approximate surface area is 205 Å². The van der Waals surface area contributed by atoms with Crippen LogP contribution in [0.2, 0.25) is 0 Å². The molecule has 0 aromatic heterocycles. The van der Waals surface area contributed by atoms with Gasteiger partial charge in [-0.15, -0.1) is 0 Å². The number of fused-ring (bicyclic) bond motifs is 5. The molecule has 6 rings (SSSR count). The highest BCUT2D eigenvalue weighted by Crippen LogP contribution is 2.75. The van der Waals surface area contributed by atoms with Gasteiger partial charge in [-0.3, -0.25) is 14.4 Å². The zero-order valence-corrected chi connectivity index (χ0v) is 19.9. The minimum absolute atomic E-state index is 0.0390. The van der Waals surface area contributed by atoms with Gasteiger partial charge in [0, 0.05) is 0 Å². The summed E-state index contributed by atoms with van der Waals surface area (Å²) in [5, 5.41) is 0. The minimum Gasteiger partial charge on any atom is -0.298 e. The molecule has 3 unspecified atom stereocenters. The average molecular weight is 462 g/mol. The van der Waals surface area contributed by atoms with Gasteiger partial charge in [-0.1, -0.05) is 92.7 Å². The number of nitrogens with zero attached hydrogens (tertiary/aromatic N) is 1. The van der Waals surface area contributed by atoms with Crippen molar-refractivity contribution in [3.8, 4) is 0 Å². The van der Waals surface area contributed by atoms with Gasteiger partial charge in [-0.05, 0) is 47.2 Å². The van der Waals surface area contributed by atoms with E-state index in [4.69, 9.17) is 0 Å². The van der Waals surface area contributed by atoms with Crippen LogP contribution in [0.15, 0.2) is 91.0 Å². The van der Waals surface area contributed by atoms with Crippen molar-refractivity contribution in [2.45, 2.75) is 26.7 Å². The molecule has 2 aliphatic carbocycles. The molecule has 2 fully saturated rings.